The molecular weight excluding hydrogens is 263 g/mol. The minimum absolute atomic E-state index is 0.0932. The van der Waals surface area contributed by atoms with E-state index in [1.54, 1.807) is 11.0 Å². The van der Waals surface area contributed by atoms with Crippen LogP contribution in [0, 0.1) is 17.1 Å². The van der Waals surface area contributed by atoms with Crippen LogP contribution in [0.1, 0.15) is 25.0 Å². The van der Waals surface area contributed by atoms with Gasteiger partial charge in [-0.1, -0.05) is 6.07 Å². The van der Waals surface area contributed by atoms with E-state index in [-0.39, 0.29) is 5.91 Å². The van der Waals surface area contributed by atoms with Crippen molar-refractivity contribution < 1.29 is 9.18 Å². The Morgan fingerprint density at radius 2 is 2.11 bits per heavy atom. The molecule has 5 heteroatoms. The average Bonchev–Trinajstić information content (AvgIpc) is 2.41. The molecule has 0 N–H and O–H groups in total. The van der Waals surface area contributed by atoms with Crippen molar-refractivity contribution in [3.05, 3.63) is 35.1 Å². The minimum Gasteiger partial charge on any atom is -0.343 e. The van der Waals surface area contributed by atoms with Gasteiger partial charge in [-0.15, -0.1) is 11.8 Å². The fourth-order valence-corrected chi connectivity index (χ4v) is 2.63. The average molecular weight is 280 g/mol. The van der Waals surface area contributed by atoms with Gasteiger partial charge in [-0.05, 0) is 31.5 Å². The molecule has 1 rings (SSSR count). The zero-order valence-electron chi connectivity index (χ0n) is 11.1. The molecule has 1 amide bonds. The summed E-state index contributed by atoms with van der Waals surface area (Å²) in [6.45, 7) is 5.30. The van der Waals surface area contributed by atoms with Gasteiger partial charge in [-0.3, -0.25) is 4.79 Å². The molecular formula is C14H17FN2OS. The van der Waals surface area contributed by atoms with E-state index >= 15 is 0 Å². The number of nitrogens with zero attached hydrogens (tertiary/aromatic N) is 2. The van der Waals surface area contributed by atoms with Gasteiger partial charge < -0.3 is 4.90 Å². The third-order valence-corrected chi connectivity index (χ3v) is 3.76. The van der Waals surface area contributed by atoms with E-state index in [1.807, 2.05) is 19.9 Å². The molecule has 0 aliphatic carbocycles. The minimum atomic E-state index is -0.412. The fourth-order valence-electron chi connectivity index (χ4n) is 1.69. The number of nitriles is 1. The van der Waals surface area contributed by atoms with Crippen LogP contribution in [0.5, 0.6) is 0 Å². The quantitative estimate of drug-likeness (QED) is 0.805. The molecule has 0 atom stereocenters. The van der Waals surface area contributed by atoms with Crippen LogP contribution in [0.15, 0.2) is 18.2 Å². The highest BCUT2D eigenvalue weighted by Crippen LogP contribution is 2.17. The van der Waals surface area contributed by atoms with Crippen LogP contribution in [0.4, 0.5) is 4.39 Å². The second kappa shape index (κ2) is 7.80. The predicted octanol–water partition coefficient (Wildman–Crippen LogP) is 2.80. The fraction of sp³-hybridized carbons (Fsp3) is 0.429. The maximum Gasteiger partial charge on any atom is 0.232 e. The van der Waals surface area contributed by atoms with Crippen LogP contribution in [0.3, 0.4) is 0 Å². The first-order valence-electron chi connectivity index (χ1n) is 6.16. The van der Waals surface area contributed by atoms with Crippen molar-refractivity contribution in [3.8, 4) is 6.07 Å². The molecule has 0 heterocycles. The van der Waals surface area contributed by atoms with Gasteiger partial charge in [-0.25, -0.2) is 4.39 Å². The van der Waals surface area contributed by atoms with E-state index < -0.39 is 5.82 Å². The van der Waals surface area contributed by atoms with Gasteiger partial charge in [0.25, 0.3) is 0 Å². The van der Waals surface area contributed by atoms with Crippen molar-refractivity contribution in [2.24, 2.45) is 0 Å². The smallest absolute Gasteiger partial charge is 0.232 e. The maximum atomic E-state index is 13.0. The van der Waals surface area contributed by atoms with Crippen LogP contribution < -0.4 is 0 Å². The van der Waals surface area contributed by atoms with E-state index in [4.69, 9.17) is 5.26 Å². The Hall–Kier alpha value is -1.54. The molecule has 0 unspecified atom stereocenters. The van der Waals surface area contributed by atoms with Crippen molar-refractivity contribution in [3.63, 3.8) is 0 Å². The molecule has 102 valence electrons. The van der Waals surface area contributed by atoms with Gasteiger partial charge >= 0.3 is 0 Å². The topological polar surface area (TPSA) is 44.1 Å². The van der Waals surface area contributed by atoms with Gasteiger partial charge in [0.2, 0.25) is 5.91 Å². The lowest BCUT2D eigenvalue weighted by molar-refractivity contribution is -0.127. The zero-order valence-corrected chi connectivity index (χ0v) is 12.0. The Kier molecular flexibility index (Phi) is 6.37. The number of hydrogen-bond donors (Lipinski definition) is 0. The number of halogens is 1. The Balaban J connectivity index is 2.54. The Labute approximate surface area is 117 Å². The molecule has 0 saturated carbocycles. The highest BCUT2D eigenvalue weighted by Gasteiger charge is 2.10. The monoisotopic (exact) mass is 280 g/mol. The molecule has 0 aliphatic heterocycles. The first kappa shape index (κ1) is 15.5. The summed E-state index contributed by atoms with van der Waals surface area (Å²) < 4.78 is 13.0. The molecule has 1 aromatic carbocycles. The summed E-state index contributed by atoms with van der Waals surface area (Å²) >= 11 is 1.44. The molecule has 0 aromatic heterocycles. The lowest BCUT2D eigenvalue weighted by atomic mass is 10.1. The molecule has 3 nitrogen and oxygen atoms in total. The highest BCUT2D eigenvalue weighted by atomic mass is 32.2. The first-order valence-corrected chi connectivity index (χ1v) is 7.31. The molecule has 0 spiro atoms. The molecule has 0 bridgehead atoms. The number of benzene rings is 1. The SMILES string of the molecule is CCN(CC)C(=O)CSCc1ccc(F)cc1C#N. The summed E-state index contributed by atoms with van der Waals surface area (Å²) in [6, 6.07) is 6.13. The van der Waals surface area contributed by atoms with Gasteiger partial charge in [0, 0.05) is 18.8 Å². The third-order valence-electron chi connectivity index (χ3n) is 2.79. The number of hydrogen-bond acceptors (Lipinski definition) is 3. The van der Waals surface area contributed by atoms with Crippen LogP contribution in [0.2, 0.25) is 0 Å². The summed E-state index contributed by atoms with van der Waals surface area (Å²) in [5.74, 6) is 0.597. The second-order valence-electron chi connectivity index (χ2n) is 3.97. The van der Waals surface area contributed by atoms with E-state index in [2.05, 4.69) is 0 Å². The largest absolute Gasteiger partial charge is 0.343 e. The van der Waals surface area contributed by atoms with Gasteiger partial charge in [-0.2, -0.15) is 5.26 Å². The number of carbonyl (C=O) groups is 1. The zero-order chi connectivity index (χ0) is 14.3. The molecule has 0 radical (unpaired) electrons. The normalized spacial score (nSPS) is 10.0. The summed E-state index contributed by atoms with van der Waals surface area (Å²) in [5.41, 5.74) is 1.10. The molecule has 19 heavy (non-hydrogen) atoms. The maximum absolute atomic E-state index is 13.0. The lowest BCUT2D eigenvalue weighted by Gasteiger charge is -2.18. The highest BCUT2D eigenvalue weighted by molar-refractivity contribution is 7.99. The van der Waals surface area contributed by atoms with E-state index in [0.29, 0.717) is 30.2 Å². The van der Waals surface area contributed by atoms with Crippen LogP contribution in [-0.2, 0) is 10.5 Å². The number of amides is 1. The Morgan fingerprint density at radius 1 is 1.42 bits per heavy atom. The van der Waals surface area contributed by atoms with Crippen LogP contribution in [-0.4, -0.2) is 29.6 Å². The van der Waals surface area contributed by atoms with Crippen molar-refractivity contribution in [1.82, 2.24) is 4.90 Å². The second-order valence-corrected chi connectivity index (χ2v) is 4.96. The van der Waals surface area contributed by atoms with E-state index in [1.165, 1.54) is 23.9 Å². The van der Waals surface area contributed by atoms with Crippen LogP contribution >= 0.6 is 11.8 Å². The molecule has 0 saturated heterocycles. The first-order chi connectivity index (χ1) is 9.12. The summed E-state index contributed by atoms with van der Waals surface area (Å²) in [6.07, 6.45) is 0. The third kappa shape index (κ3) is 4.56. The summed E-state index contributed by atoms with van der Waals surface area (Å²) in [5, 5.41) is 8.91. The number of carbonyl (C=O) groups excluding carboxylic acids is 1. The van der Waals surface area contributed by atoms with E-state index in [0.717, 1.165) is 5.56 Å². The van der Waals surface area contributed by atoms with Crippen molar-refractivity contribution in [2.75, 3.05) is 18.8 Å². The van der Waals surface area contributed by atoms with Crippen molar-refractivity contribution in [1.29, 1.82) is 5.26 Å². The molecule has 0 aliphatic rings. The van der Waals surface area contributed by atoms with Gasteiger partial charge in [0.1, 0.15) is 5.82 Å². The van der Waals surface area contributed by atoms with Gasteiger partial charge in [0.15, 0.2) is 0 Å². The summed E-state index contributed by atoms with van der Waals surface area (Å²) in [4.78, 5) is 13.6. The number of rotatable bonds is 6. The molecule has 0 fully saturated rings. The Bertz CT molecular complexity index is 481. The Morgan fingerprint density at radius 3 is 2.68 bits per heavy atom. The van der Waals surface area contributed by atoms with Crippen molar-refractivity contribution >= 4 is 17.7 Å². The van der Waals surface area contributed by atoms with Crippen LogP contribution in [0.25, 0.3) is 0 Å². The van der Waals surface area contributed by atoms with E-state index in [9.17, 15) is 9.18 Å². The summed E-state index contributed by atoms with van der Waals surface area (Å²) in [7, 11) is 0. The lowest BCUT2D eigenvalue weighted by Crippen LogP contribution is -2.31. The predicted molar refractivity (Wildman–Crippen MR) is 75.2 cm³/mol. The van der Waals surface area contributed by atoms with Gasteiger partial charge in [0.05, 0.1) is 17.4 Å². The van der Waals surface area contributed by atoms with Crippen molar-refractivity contribution in [2.45, 2.75) is 19.6 Å². The number of thioether (sulfide) groups is 1. The molecule has 1 aromatic rings. The standard InChI is InChI=1S/C14H17FN2OS/c1-3-17(4-2)14(18)10-19-9-11-5-6-13(15)7-12(11)8-16/h5-7H,3-4,9-10H2,1-2H3.